The summed E-state index contributed by atoms with van der Waals surface area (Å²) in [4.78, 5) is 8.09. The van der Waals surface area contributed by atoms with Crippen LogP contribution < -0.4 is 0 Å². The fraction of sp³-hybridized carbons (Fsp3) is 1.00. The van der Waals surface area contributed by atoms with Crippen molar-refractivity contribution in [1.29, 1.82) is 0 Å². The number of hydrogen-bond donors (Lipinski definition) is 0. The molecule has 0 aliphatic carbocycles. The normalized spacial score (nSPS) is 35.2. The summed E-state index contributed by atoms with van der Waals surface area (Å²) in [5, 5.41) is 0. The Morgan fingerprint density at radius 3 is 2.63 bits per heavy atom. The van der Waals surface area contributed by atoms with E-state index in [9.17, 15) is 0 Å². The number of rotatable bonds is 3. The van der Waals surface area contributed by atoms with Gasteiger partial charge in [-0.1, -0.05) is 12.8 Å². The van der Waals surface area contributed by atoms with Crippen LogP contribution in [0.1, 0.15) is 44.9 Å². The molecule has 3 rings (SSSR count). The summed E-state index contributed by atoms with van der Waals surface area (Å²) < 4.78 is 0. The molecule has 2 atom stereocenters. The van der Waals surface area contributed by atoms with E-state index in [0.29, 0.717) is 0 Å². The van der Waals surface area contributed by atoms with E-state index < -0.39 is 0 Å². The summed E-state index contributed by atoms with van der Waals surface area (Å²) >= 11 is 0. The van der Waals surface area contributed by atoms with E-state index in [-0.39, 0.29) is 0 Å². The molecule has 3 aliphatic rings. The van der Waals surface area contributed by atoms with Gasteiger partial charge in [-0.3, -0.25) is 4.90 Å². The smallest absolute Gasteiger partial charge is 0.0223 e. The molecule has 0 aromatic heterocycles. The van der Waals surface area contributed by atoms with Crippen LogP contribution in [0.25, 0.3) is 0 Å². The SMILES string of the molecule is CN1CCCCC1CCN1CCN2CCCCC2C1. The molecule has 0 radical (unpaired) electrons. The zero-order valence-corrected chi connectivity index (χ0v) is 12.7. The summed E-state index contributed by atoms with van der Waals surface area (Å²) in [5.41, 5.74) is 0. The molecular weight excluding hydrogens is 234 g/mol. The van der Waals surface area contributed by atoms with Gasteiger partial charge in [0.05, 0.1) is 0 Å². The molecule has 3 fully saturated rings. The van der Waals surface area contributed by atoms with Crippen molar-refractivity contribution in [3.63, 3.8) is 0 Å². The molecule has 0 aromatic rings. The molecule has 3 saturated heterocycles. The zero-order chi connectivity index (χ0) is 13.1. The Balaban J connectivity index is 1.43. The first kappa shape index (κ1) is 13.8. The largest absolute Gasteiger partial charge is 0.303 e. The van der Waals surface area contributed by atoms with Crippen LogP contribution in [0.4, 0.5) is 0 Å². The Kier molecular flexibility index (Phi) is 4.78. The van der Waals surface area contributed by atoms with Gasteiger partial charge in [-0.15, -0.1) is 0 Å². The Morgan fingerprint density at radius 2 is 1.74 bits per heavy atom. The average molecular weight is 265 g/mol. The van der Waals surface area contributed by atoms with Crippen molar-refractivity contribution in [2.75, 3.05) is 46.3 Å². The Bertz CT molecular complexity index is 281. The fourth-order valence-corrected chi connectivity index (χ4v) is 4.26. The second-order valence-corrected chi connectivity index (χ2v) is 6.91. The zero-order valence-electron chi connectivity index (χ0n) is 12.7. The van der Waals surface area contributed by atoms with Gasteiger partial charge in [0.1, 0.15) is 0 Å². The van der Waals surface area contributed by atoms with Crippen LogP contribution in [0.2, 0.25) is 0 Å². The predicted octanol–water partition coefficient (Wildman–Crippen LogP) is 2.03. The van der Waals surface area contributed by atoms with E-state index in [1.54, 1.807) is 0 Å². The minimum Gasteiger partial charge on any atom is -0.303 e. The molecule has 3 aliphatic heterocycles. The highest BCUT2D eigenvalue weighted by molar-refractivity contribution is 4.86. The van der Waals surface area contributed by atoms with E-state index in [1.165, 1.54) is 84.2 Å². The highest BCUT2D eigenvalue weighted by Crippen LogP contribution is 2.22. The quantitative estimate of drug-likeness (QED) is 0.773. The summed E-state index contributed by atoms with van der Waals surface area (Å²) in [7, 11) is 2.32. The molecule has 3 heteroatoms. The van der Waals surface area contributed by atoms with Crippen molar-refractivity contribution in [3.05, 3.63) is 0 Å². The molecule has 0 aromatic carbocycles. The summed E-state index contributed by atoms with van der Waals surface area (Å²) in [6.45, 7) is 8.00. The lowest BCUT2D eigenvalue weighted by molar-refractivity contribution is 0.0430. The van der Waals surface area contributed by atoms with Gasteiger partial charge in [-0.25, -0.2) is 0 Å². The van der Waals surface area contributed by atoms with Crippen LogP contribution in [0.3, 0.4) is 0 Å². The molecule has 0 spiro atoms. The van der Waals surface area contributed by atoms with Gasteiger partial charge in [0, 0.05) is 31.7 Å². The molecule has 0 N–H and O–H groups in total. The molecule has 3 heterocycles. The van der Waals surface area contributed by atoms with Crippen molar-refractivity contribution < 1.29 is 0 Å². The molecule has 2 unspecified atom stereocenters. The van der Waals surface area contributed by atoms with Crippen LogP contribution >= 0.6 is 0 Å². The third kappa shape index (κ3) is 3.50. The van der Waals surface area contributed by atoms with E-state index in [2.05, 4.69) is 21.7 Å². The van der Waals surface area contributed by atoms with E-state index in [4.69, 9.17) is 0 Å². The molecule has 0 bridgehead atoms. The maximum absolute atomic E-state index is 2.74. The van der Waals surface area contributed by atoms with Crippen LogP contribution in [0.5, 0.6) is 0 Å². The van der Waals surface area contributed by atoms with Gasteiger partial charge >= 0.3 is 0 Å². The maximum Gasteiger partial charge on any atom is 0.0223 e. The molecular formula is C16H31N3. The number of fused-ring (bicyclic) bond motifs is 1. The van der Waals surface area contributed by atoms with E-state index >= 15 is 0 Å². The van der Waals surface area contributed by atoms with Gasteiger partial charge in [-0.05, 0) is 58.8 Å². The average Bonchev–Trinajstić information content (AvgIpc) is 2.46. The second-order valence-electron chi connectivity index (χ2n) is 6.91. The monoisotopic (exact) mass is 265 g/mol. The minimum absolute atomic E-state index is 0.859. The Morgan fingerprint density at radius 1 is 0.895 bits per heavy atom. The van der Waals surface area contributed by atoms with Crippen molar-refractivity contribution in [2.24, 2.45) is 0 Å². The first-order valence-corrected chi connectivity index (χ1v) is 8.49. The van der Waals surface area contributed by atoms with Gasteiger partial charge in [0.15, 0.2) is 0 Å². The van der Waals surface area contributed by atoms with E-state index in [1.807, 2.05) is 0 Å². The Hall–Kier alpha value is -0.120. The van der Waals surface area contributed by atoms with Crippen LogP contribution in [-0.4, -0.2) is 73.1 Å². The van der Waals surface area contributed by atoms with E-state index in [0.717, 1.165) is 12.1 Å². The van der Waals surface area contributed by atoms with Crippen molar-refractivity contribution in [1.82, 2.24) is 14.7 Å². The third-order valence-corrected chi connectivity index (χ3v) is 5.62. The van der Waals surface area contributed by atoms with Crippen molar-refractivity contribution in [3.8, 4) is 0 Å². The van der Waals surface area contributed by atoms with Gasteiger partial charge in [0.25, 0.3) is 0 Å². The highest BCUT2D eigenvalue weighted by atomic mass is 15.3. The van der Waals surface area contributed by atoms with Crippen molar-refractivity contribution in [2.45, 2.75) is 57.0 Å². The highest BCUT2D eigenvalue weighted by Gasteiger charge is 2.29. The van der Waals surface area contributed by atoms with Crippen molar-refractivity contribution >= 4 is 0 Å². The maximum atomic E-state index is 2.74. The van der Waals surface area contributed by atoms with Gasteiger partial charge in [-0.2, -0.15) is 0 Å². The van der Waals surface area contributed by atoms with Gasteiger partial charge < -0.3 is 9.80 Å². The summed E-state index contributed by atoms with van der Waals surface area (Å²) in [5.74, 6) is 0. The molecule has 0 saturated carbocycles. The van der Waals surface area contributed by atoms with Crippen LogP contribution in [0.15, 0.2) is 0 Å². The molecule has 0 amide bonds. The first-order valence-electron chi connectivity index (χ1n) is 8.49. The summed E-state index contributed by atoms with van der Waals surface area (Å²) in [6.07, 6.45) is 10.0. The van der Waals surface area contributed by atoms with Crippen LogP contribution in [0, 0.1) is 0 Å². The summed E-state index contributed by atoms with van der Waals surface area (Å²) in [6, 6.07) is 1.74. The first-order chi connectivity index (χ1) is 9.33. The lowest BCUT2D eigenvalue weighted by atomic mass is 9.97. The lowest BCUT2D eigenvalue weighted by Gasteiger charge is -2.44. The standard InChI is InChI=1S/C16H31N3/c1-17-9-4-2-6-15(17)8-11-18-12-13-19-10-5-3-7-16(19)14-18/h15-16H,2-14H2,1H3. The number of piperidine rings is 2. The molecule has 19 heavy (non-hydrogen) atoms. The number of hydrogen-bond acceptors (Lipinski definition) is 3. The number of piperazine rings is 1. The molecule has 3 nitrogen and oxygen atoms in total. The number of likely N-dealkylation sites (tertiary alicyclic amines) is 1. The topological polar surface area (TPSA) is 9.72 Å². The van der Waals surface area contributed by atoms with Gasteiger partial charge in [0.2, 0.25) is 0 Å². The fourth-order valence-electron chi connectivity index (χ4n) is 4.26. The van der Waals surface area contributed by atoms with Crippen LogP contribution in [-0.2, 0) is 0 Å². The Labute approximate surface area is 118 Å². The third-order valence-electron chi connectivity index (χ3n) is 5.62. The lowest BCUT2D eigenvalue weighted by Crippen LogP contribution is -2.55. The minimum atomic E-state index is 0.859. The predicted molar refractivity (Wildman–Crippen MR) is 80.5 cm³/mol. The molecule has 110 valence electrons. The second kappa shape index (κ2) is 6.55. The number of nitrogens with zero attached hydrogens (tertiary/aromatic N) is 3.